The fourth-order valence-electron chi connectivity index (χ4n) is 3.39. The molecule has 7 nitrogen and oxygen atoms in total. The SMILES string of the molecule is COCCn1cc(C(=O)NC[C@@H](c2ccccc2Cl)N2CCOCC2)ccc1=O. The number of methoxy groups -OCH3 is 1. The lowest BCUT2D eigenvalue weighted by Gasteiger charge is -2.35. The molecule has 3 rings (SSSR count). The number of nitrogens with one attached hydrogen (secondary N) is 1. The quantitative estimate of drug-likeness (QED) is 0.708. The largest absolute Gasteiger partial charge is 0.383 e. The summed E-state index contributed by atoms with van der Waals surface area (Å²) in [6, 6.07) is 10.6. The fourth-order valence-corrected chi connectivity index (χ4v) is 3.65. The first kappa shape index (κ1) is 21.5. The highest BCUT2D eigenvalue weighted by atomic mass is 35.5. The highest BCUT2D eigenvalue weighted by molar-refractivity contribution is 6.31. The molecule has 1 aromatic heterocycles. The van der Waals surface area contributed by atoms with E-state index in [0.717, 1.165) is 18.7 Å². The van der Waals surface area contributed by atoms with Crippen molar-refractivity contribution in [2.45, 2.75) is 12.6 Å². The van der Waals surface area contributed by atoms with Crippen molar-refractivity contribution in [3.8, 4) is 0 Å². The first-order chi connectivity index (χ1) is 14.1. The molecule has 0 unspecified atom stereocenters. The summed E-state index contributed by atoms with van der Waals surface area (Å²) in [6.45, 7) is 4.04. The van der Waals surface area contributed by atoms with E-state index in [1.54, 1.807) is 19.4 Å². The molecule has 8 heteroatoms. The summed E-state index contributed by atoms with van der Waals surface area (Å²) in [5.74, 6) is -0.235. The maximum Gasteiger partial charge on any atom is 0.252 e. The lowest BCUT2D eigenvalue weighted by molar-refractivity contribution is 0.0162. The lowest BCUT2D eigenvalue weighted by atomic mass is 10.0. The first-order valence-electron chi connectivity index (χ1n) is 9.64. The Morgan fingerprint density at radius 2 is 2.00 bits per heavy atom. The van der Waals surface area contributed by atoms with Gasteiger partial charge in [0, 0.05) is 50.6 Å². The van der Waals surface area contributed by atoms with E-state index < -0.39 is 0 Å². The monoisotopic (exact) mass is 419 g/mol. The summed E-state index contributed by atoms with van der Waals surface area (Å²) in [5.41, 5.74) is 1.24. The Bertz CT molecular complexity index is 880. The Morgan fingerprint density at radius 1 is 1.24 bits per heavy atom. The molecule has 1 aliphatic heterocycles. The molecule has 0 bridgehead atoms. The molecule has 1 amide bonds. The van der Waals surface area contributed by atoms with Crippen LogP contribution in [0.5, 0.6) is 0 Å². The van der Waals surface area contributed by atoms with Crippen molar-refractivity contribution < 1.29 is 14.3 Å². The molecule has 2 heterocycles. The van der Waals surface area contributed by atoms with Crippen LogP contribution in [-0.2, 0) is 16.0 Å². The van der Waals surface area contributed by atoms with Gasteiger partial charge in [-0.2, -0.15) is 0 Å². The number of hydrogen-bond acceptors (Lipinski definition) is 5. The van der Waals surface area contributed by atoms with E-state index in [2.05, 4.69) is 10.2 Å². The van der Waals surface area contributed by atoms with Crippen molar-refractivity contribution >= 4 is 17.5 Å². The zero-order valence-electron chi connectivity index (χ0n) is 16.5. The normalized spacial score (nSPS) is 15.8. The van der Waals surface area contributed by atoms with Gasteiger partial charge in [0.2, 0.25) is 0 Å². The molecular formula is C21H26ClN3O4. The zero-order valence-corrected chi connectivity index (χ0v) is 17.2. The smallest absolute Gasteiger partial charge is 0.252 e. The second-order valence-electron chi connectivity index (χ2n) is 6.84. The Hall–Kier alpha value is -2.19. The van der Waals surface area contributed by atoms with Crippen LogP contribution in [0, 0.1) is 0 Å². The van der Waals surface area contributed by atoms with Crippen LogP contribution in [0.2, 0.25) is 5.02 Å². The molecule has 1 N–H and O–H groups in total. The lowest BCUT2D eigenvalue weighted by Crippen LogP contribution is -2.44. The van der Waals surface area contributed by atoms with Gasteiger partial charge in [0.05, 0.1) is 31.4 Å². The molecule has 0 saturated carbocycles. The van der Waals surface area contributed by atoms with Crippen molar-refractivity contribution in [3.05, 3.63) is 69.1 Å². The molecule has 1 atom stereocenters. The minimum Gasteiger partial charge on any atom is -0.383 e. The zero-order chi connectivity index (χ0) is 20.6. The molecule has 2 aromatic rings. The van der Waals surface area contributed by atoms with Crippen LogP contribution < -0.4 is 10.9 Å². The number of aromatic nitrogens is 1. The number of carbonyl (C=O) groups is 1. The van der Waals surface area contributed by atoms with E-state index in [0.29, 0.717) is 43.5 Å². The van der Waals surface area contributed by atoms with Crippen molar-refractivity contribution in [1.29, 1.82) is 0 Å². The van der Waals surface area contributed by atoms with E-state index in [-0.39, 0.29) is 17.5 Å². The number of halogens is 1. The predicted molar refractivity (Wildman–Crippen MR) is 111 cm³/mol. The third-order valence-corrected chi connectivity index (χ3v) is 5.33. The van der Waals surface area contributed by atoms with Gasteiger partial charge in [-0.1, -0.05) is 29.8 Å². The number of ether oxygens (including phenoxy) is 2. The number of hydrogen-bond donors (Lipinski definition) is 1. The summed E-state index contributed by atoms with van der Waals surface area (Å²) in [5, 5.41) is 3.67. The van der Waals surface area contributed by atoms with Gasteiger partial charge in [-0.3, -0.25) is 14.5 Å². The predicted octanol–water partition coefficient (Wildman–Crippen LogP) is 1.95. The molecule has 1 saturated heterocycles. The van der Waals surface area contributed by atoms with Gasteiger partial charge >= 0.3 is 0 Å². The van der Waals surface area contributed by atoms with Gasteiger partial charge in [0.25, 0.3) is 11.5 Å². The molecule has 1 fully saturated rings. The van der Waals surface area contributed by atoms with Crippen molar-refractivity contribution in [3.63, 3.8) is 0 Å². The number of morpholine rings is 1. The Kier molecular flexibility index (Phi) is 7.83. The van der Waals surface area contributed by atoms with Crippen molar-refractivity contribution in [2.75, 3.05) is 46.6 Å². The summed E-state index contributed by atoms with van der Waals surface area (Å²) >= 11 is 6.44. The third kappa shape index (κ3) is 5.67. The van der Waals surface area contributed by atoms with Crippen LogP contribution in [-0.4, -0.2) is 61.9 Å². The fraction of sp³-hybridized carbons (Fsp3) is 0.429. The van der Waals surface area contributed by atoms with E-state index >= 15 is 0 Å². The average molecular weight is 420 g/mol. The maximum atomic E-state index is 12.8. The molecule has 0 radical (unpaired) electrons. The van der Waals surface area contributed by atoms with Crippen LogP contribution in [0.1, 0.15) is 22.0 Å². The number of nitrogens with zero attached hydrogens (tertiary/aromatic N) is 2. The Morgan fingerprint density at radius 3 is 2.72 bits per heavy atom. The summed E-state index contributed by atoms with van der Waals surface area (Å²) in [6.07, 6.45) is 1.57. The van der Waals surface area contributed by atoms with Gasteiger partial charge in [0.1, 0.15) is 0 Å². The topological polar surface area (TPSA) is 72.8 Å². The molecule has 0 aliphatic carbocycles. The second-order valence-corrected chi connectivity index (χ2v) is 7.25. The van der Waals surface area contributed by atoms with Gasteiger partial charge < -0.3 is 19.4 Å². The minimum atomic E-state index is -0.235. The van der Waals surface area contributed by atoms with Crippen LogP contribution in [0.4, 0.5) is 0 Å². The van der Waals surface area contributed by atoms with Gasteiger partial charge in [0.15, 0.2) is 0 Å². The van der Waals surface area contributed by atoms with E-state index in [1.165, 1.54) is 10.6 Å². The maximum absolute atomic E-state index is 12.8. The summed E-state index contributed by atoms with van der Waals surface area (Å²) in [7, 11) is 1.57. The van der Waals surface area contributed by atoms with Gasteiger partial charge in [-0.15, -0.1) is 0 Å². The van der Waals surface area contributed by atoms with E-state index in [4.69, 9.17) is 21.1 Å². The van der Waals surface area contributed by atoms with Crippen molar-refractivity contribution in [2.24, 2.45) is 0 Å². The highest BCUT2D eigenvalue weighted by Gasteiger charge is 2.25. The van der Waals surface area contributed by atoms with Crippen LogP contribution in [0.3, 0.4) is 0 Å². The van der Waals surface area contributed by atoms with Crippen LogP contribution in [0.25, 0.3) is 0 Å². The molecular weight excluding hydrogens is 394 g/mol. The second kappa shape index (κ2) is 10.5. The van der Waals surface area contributed by atoms with Crippen molar-refractivity contribution in [1.82, 2.24) is 14.8 Å². The third-order valence-electron chi connectivity index (χ3n) is 4.99. The number of pyridine rings is 1. The van der Waals surface area contributed by atoms with E-state index in [9.17, 15) is 9.59 Å². The number of rotatable bonds is 8. The number of amides is 1. The highest BCUT2D eigenvalue weighted by Crippen LogP contribution is 2.27. The average Bonchev–Trinajstić information content (AvgIpc) is 2.75. The van der Waals surface area contributed by atoms with Crippen LogP contribution in [0.15, 0.2) is 47.4 Å². The summed E-state index contributed by atoms with van der Waals surface area (Å²) < 4.78 is 12.0. The molecule has 156 valence electrons. The van der Waals surface area contributed by atoms with Gasteiger partial charge in [-0.05, 0) is 17.7 Å². The molecule has 1 aliphatic rings. The molecule has 0 spiro atoms. The standard InChI is InChI=1S/C21H26ClN3O4/c1-28-11-8-25-15-16(6-7-20(25)26)21(27)23-14-19(24-9-12-29-13-10-24)17-4-2-3-5-18(17)22/h2-7,15,19H,8-14H2,1H3,(H,23,27)/t19-/m0/s1. The van der Waals surface area contributed by atoms with Gasteiger partial charge in [-0.25, -0.2) is 0 Å². The Balaban J connectivity index is 1.74. The molecule has 29 heavy (non-hydrogen) atoms. The first-order valence-corrected chi connectivity index (χ1v) is 10.0. The number of benzene rings is 1. The minimum absolute atomic E-state index is 0.0593. The number of carbonyl (C=O) groups excluding carboxylic acids is 1. The molecule has 1 aromatic carbocycles. The summed E-state index contributed by atoms with van der Waals surface area (Å²) in [4.78, 5) is 27.0. The Labute approximate surface area is 175 Å². The van der Waals surface area contributed by atoms with Crippen LogP contribution >= 0.6 is 11.6 Å². The van der Waals surface area contributed by atoms with E-state index in [1.807, 2.05) is 24.3 Å².